The van der Waals surface area contributed by atoms with E-state index in [2.05, 4.69) is 35.8 Å². The van der Waals surface area contributed by atoms with Crippen LogP contribution in [0, 0.1) is 0 Å². The molecular formula is C10H27O3PSSi. The molecule has 0 rings (SSSR count). The molecule has 1 unspecified atom stereocenters. The lowest BCUT2D eigenvalue weighted by atomic mass is 10.4. The first-order valence-electron chi connectivity index (χ1n) is 5.77. The highest BCUT2D eigenvalue weighted by Gasteiger charge is 2.14. The molecule has 0 aliphatic rings. The molecule has 0 aliphatic heterocycles. The van der Waals surface area contributed by atoms with Crippen LogP contribution in [0.5, 0.6) is 0 Å². The van der Waals surface area contributed by atoms with Crippen LogP contribution in [0.3, 0.4) is 0 Å². The third kappa shape index (κ3) is 24.0. The summed E-state index contributed by atoms with van der Waals surface area (Å²) in [5.74, 6) is -0.0860. The summed E-state index contributed by atoms with van der Waals surface area (Å²) >= 11 is 0. The Morgan fingerprint density at radius 3 is 1.88 bits per heavy atom. The standard InChI is InChI=1S/C6H16O3SSi.C4H11P/c1-11(2,3)6-4-5-10(7,8)9;1-2-3-4-5/h4-6H2,1-3H3,(H,7,8,9);2-5H2,1H3. The van der Waals surface area contributed by atoms with Gasteiger partial charge in [0, 0.05) is 8.07 Å². The van der Waals surface area contributed by atoms with Gasteiger partial charge in [-0.25, -0.2) is 0 Å². The van der Waals surface area contributed by atoms with Crippen molar-refractivity contribution < 1.29 is 13.0 Å². The lowest BCUT2D eigenvalue weighted by Crippen LogP contribution is -2.20. The summed E-state index contributed by atoms with van der Waals surface area (Å²) in [6.07, 6.45) is 4.53. The van der Waals surface area contributed by atoms with E-state index in [9.17, 15) is 8.42 Å². The minimum atomic E-state index is -3.72. The second kappa shape index (κ2) is 9.57. The van der Waals surface area contributed by atoms with Gasteiger partial charge in [0.2, 0.25) is 0 Å². The first-order chi connectivity index (χ1) is 7.12. The zero-order valence-electron chi connectivity index (χ0n) is 11.0. The molecule has 1 atom stereocenters. The lowest BCUT2D eigenvalue weighted by Gasteiger charge is -2.13. The Balaban J connectivity index is 0. The third-order valence-corrected chi connectivity index (χ3v) is 4.95. The average molecular weight is 286 g/mol. The fourth-order valence-electron chi connectivity index (χ4n) is 0.989. The van der Waals surface area contributed by atoms with Gasteiger partial charge in [0.1, 0.15) is 0 Å². The van der Waals surface area contributed by atoms with Gasteiger partial charge in [-0.1, -0.05) is 45.5 Å². The Labute approximate surface area is 104 Å². The summed E-state index contributed by atoms with van der Waals surface area (Å²) < 4.78 is 29.0. The molecule has 100 valence electrons. The predicted octanol–water partition coefficient (Wildman–Crippen LogP) is 3.26. The van der Waals surface area contributed by atoms with Crippen LogP contribution in [0.1, 0.15) is 26.2 Å². The van der Waals surface area contributed by atoms with Crippen molar-refractivity contribution in [2.24, 2.45) is 0 Å². The molecule has 0 heterocycles. The minimum Gasteiger partial charge on any atom is -0.286 e. The molecule has 1 N–H and O–H groups in total. The molecule has 6 heteroatoms. The third-order valence-electron chi connectivity index (χ3n) is 1.89. The quantitative estimate of drug-likeness (QED) is 0.463. The van der Waals surface area contributed by atoms with E-state index < -0.39 is 18.2 Å². The van der Waals surface area contributed by atoms with Gasteiger partial charge in [-0.3, -0.25) is 4.55 Å². The molecule has 0 amide bonds. The van der Waals surface area contributed by atoms with Crippen LogP contribution in [0.15, 0.2) is 0 Å². The van der Waals surface area contributed by atoms with E-state index in [1.807, 2.05) is 0 Å². The number of rotatable bonds is 6. The van der Waals surface area contributed by atoms with Crippen LogP contribution in [0.4, 0.5) is 0 Å². The van der Waals surface area contributed by atoms with Crippen LogP contribution in [0.25, 0.3) is 0 Å². The highest BCUT2D eigenvalue weighted by Crippen LogP contribution is 2.11. The second-order valence-electron chi connectivity index (χ2n) is 5.09. The summed E-state index contributed by atoms with van der Waals surface area (Å²) in [6.45, 7) is 8.73. The van der Waals surface area contributed by atoms with Crippen molar-refractivity contribution in [2.75, 3.05) is 11.9 Å². The fourth-order valence-corrected chi connectivity index (χ4v) is 3.40. The van der Waals surface area contributed by atoms with Gasteiger partial charge in [-0.05, 0) is 12.6 Å². The molecule has 3 nitrogen and oxygen atoms in total. The van der Waals surface area contributed by atoms with Crippen LogP contribution >= 0.6 is 9.24 Å². The highest BCUT2D eigenvalue weighted by atomic mass is 32.2. The zero-order chi connectivity index (χ0) is 13.2. The summed E-state index contributed by atoms with van der Waals surface area (Å²) in [7, 11) is -2.16. The zero-order valence-corrected chi connectivity index (χ0v) is 14.0. The van der Waals surface area contributed by atoms with Crippen molar-refractivity contribution in [3.05, 3.63) is 0 Å². The second-order valence-corrected chi connectivity index (χ2v) is 12.9. The van der Waals surface area contributed by atoms with Gasteiger partial charge < -0.3 is 0 Å². The van der Waals surface area contributed by atoms with Crippen LogP contribution in [-0.4, -0.2) is 33.0 Å². The van der Waals surface area contributed by atoms with E-state index in [0.717, 1.165) is 6.04 Å². The van der Waals surface area contributed by atoms with Crippen LogP contribution in [-0.2, 0) is 10.1 Å². The molecule has 0 radical (unpaired) electrons. The van der Waals surface area contributed by atoms with E-state index in [4.69, 9.17) is 4.55 Å². The Kier molecular flexibility index (Phi) is 11.3. The van der Waals surface area contributed by atoms with Crippen molar-refractivity contribution >= 4 is 27.4 Å². The Morgan fingerprint density at radius 2 is 1.69 bits per heavy atom. The van der Waals surface area contributed by atoms with Crippen molar-refractivity contribution in [1.82, 2.24) is 0 Å². The van der Waals surface area contributed by atoms with E-state index in [1.165, 1.54) is 19.0 Å². The Bertz CT molecular complexity index is 245. The topological polar surface area (TPSA) is 54.4 Å². The molecule has 0 fully saturated rings. The summed E-state index contributed by atoms with van der Waals surface area (Å²) in [4.78, 5) is 0. The first-order valence-corrected chi connectivity index (χ1v) is 11.9. The predicted molar refractivity (Wildman–Crippen MR) is 78.7 cm³/mol. The largest absolute Gasteiger partial charge is 0.286 e. The van der Waals surface area contributed by atoms with Gasteiger partial charge in [0.05, 0.1) is 5.75 Å². The van der Waals surface area contributed by atoms with Crippen molar-refractivity contribution in [2.45, 2.75) is 51.9 Å². The lowest BCUT2D eigenvalue weighted by molar-refractivity contribution is 0.482. The summed E-state index contributed by atoms with van der Waals surface area (Å²) in [5.41, 5.74) is 0. The van der Waals surface area contributed by atoms with Crippen molar-refractivity contribution in [3.63, 3.8) is 0 Å². The van der Waals surface area contributed by atoms with E-state index in [-0.39, 0.29) is 5.75 Å². The smallest absolute Gasteiger partial charge is 0.264 e. The molecule has 0 bridgehead atoms. The molecule has 0 saturated carbocycles. The normalized spacial score (nSPS) is 11.9. The van der Waals surface area contributed by atoms with E-state index in [1.54, 1.807) is 0 Å². The number of unbranched alkanes of at least 4 members (excludes halogenated alkanes) is 1. The van der Waals surface area contributed by atoms with E-state index in [0.29, 0.717) is 6.42 Å². The highest BCUT2D eigenvalue weighted by molar-refractivity contribution is 7.85. The fraction of sp³-hybridized carbons (Fsp3) is 1.00. The van der Waals surface area contributed by atoms with Crippen LogP contribution < -0.4 is 0 Å². The van der Waals surface area contributed by atoms with Gasteiger partial charge in [0.15, 0.2) is 0 Å². The van der Waals surface area contributed by atoms with E-state index >= 15 is 0 Å². The molecule has 0 aromatic rings. The summed E-state index contributed by atoms with van der Waals surface area (Å²) in [6, 6.07) is 0.951. The summed E-state index contributed by atoms with van der Waals surface area (Å²) in [5, 5.41) is 0. The molecular weight excluding hydrogens is 259 g/mol. The Morgan fingerprint density at radius 1 is 1.19 bits per heavy atom. The average Bonchev–Trinajstić information content (AvgIpc) is 2.01. The molecule has 0 aliphatic carbocycles. The maximum absolute atomic E-state index is 10.3. The Hall–Kier alpha value is 0.557. The van der Waals surface area contributed by atoms with Gasteiger partial charge in [0.25, 0.3) is 10.1 Å². The molecule has 0 saturated heterocycles. The van der Waals surface area contributed by atoms with Crippen molar-refractivity contribution in [1.29, 1.82) is 0 Å². The first kappa shape index (κ1) is 18.9. The van der Waals surface area contributed by atoms with Crippen molar-refractivity contribution in [3.8, 4) is 0 Å². The molecule has 0 aromatic carbocycles. The van der Waals surface area contributed by atoms with Gasteiger partial charge >= 0.3 is 0 Å². The number of hydrogen-bond acceptors (Lipinski definition) is 2. The van der Waals surface area contributed by atoms with Gasteiger partial charge in [-0.2, -0.15) is 8.42 Å². The molecule has 16 heavy (non-hydrogen) atoms. The van der Waals surface area contributed by atoms with Gasteiger partial charge in [-0.15, -0.1) is 9.24 Å². The maximum Gasteiger partial charge on any atom is 0.264 e. The maximum atomic E-state index is 10.3. The monoisotopic (exact) mass is 286 g/mol. The molecule has 0 aromatic heterocycles. The van der Waals surface area contributed by atoms with Crippen LogP contribution in [0.2, 0.25) is 25.7 Å². The molecule has 0 spiro atoms. The SMILES string of the molecule is CCCCP.C[Si](C)(C)CCCS(=O)(=O)O. The number of hydrogen-bond donors (Lipinski definition) is 1. The minimum absolute atomic E-state index is 0.0860.